The van der Waals surface area contributed by atoms with Gasteiger partial charge in [-0.15, -0.1) is 0 Å². The second kappa shape index (κ2) is 3.34. The van der Waals surface area contributed by atoms with Gasteiger partial charge in [0.1, 0.15) is 18.2 Å². The molecule has 2 nitrogen and oxygen atoms in total. The summed E-state index contributed by atoms with van der Waals surface area (Å²) < 4.78 is 17.4. The minimum atomic E-state index is -0.426. The van der Waals surface area contributed by atoms with Gasteiger partial charge in [0.2, 0.25) is 0 Å². The Labute approximate surface area is 64.2 Å². The maximum Gasteiger partial charge on any atom is 0.127 e. The van der Waals surface area contributed by atoms with Crippen LogP contribution in [0, 0.1) is 12.4 Å². The number of benzene rings is 1. The molecule has 1 aromatic rings. The Kier molecular flexibility index (Phi) is 2.44. The van der Waals surface area contributed by atoms with Crippen LogP contribution in [0.1, 0.15) is 5.56 Å². The smallest absolute Gasteiger partial charge is 0.127 e. The molecule has 11 heavy (non-hydrogen) atoms. The minimum absolute atomic E-state index is 0.391. The van der Waals surface area contributed by atoms with E-state index in [9.17, 15) is 4.39 Å². The molecule has 0 aliphatic heterocycles. The van der Waals surface area contributed by atoms with E-state index < -0.39 is 5.82 Å². The highest BCUT2D eigenvalue weighted by molar-refractivity contribution is 5.32. The number of aliphatic hydroxyl groups excluding tert-OH is 1. The van der Waals surface area contributed by atoms with Crippen molar-refractivity contribution >= 4 is 0 Å². The molecule has 0 aromatic heterocycles. The largest absolute Gasteiger partial charge is 0.497 e. The van der Waals surface area contributed by atoms with E-state index in [1.54, 1.807) is 0 Å². The van der Waals surface area contributed by atoms with Crippen LogP contribution in [-0.2, 0) is 0 Å². The Hall–Kier alpha value is -1.09. The lowest BCUT2D eigenvalue weighted by molar-refractivity contribution is 0.400. The fraction of sp³-hybridized carbons (Fsp3) is 0.125. The number of hydrogen-bond acceptors (Lipinski definition) is 2. The lowest BCUT2D eigenvalue weighted by atomic mass is 10.2. The summed E-state index contributed by atoms with van der Waals surface area (Å²) in [6, 6.07) is 3.98. The molecule has 1 radical (unpaired) electrons. The molecule has 0 atom stereocenters. The van der Waals surface area contributed by atoms with E-state index >= 15 is 0 Å². The molecule has 0 saturated carbocycles. The fourth-order valence-corrected chi connectivity index (χ4v) is 0.777. The van der Waals surface area contributed by atoms with Gasteiger partial charge in [0.15, 0.2) is 0 Å². The average Bonchev–Trinajstić information content (AvgIpc) is 2.03. The molecule has 0 aliphatic carbocycles. The topological polar surface area (TPSA) is 29.5 Å². The van der Waals surface area contributed by atoms with E-state index in [-0.39, 0.29) is 0 Å². The summed E-state index contributed by atoms with van der Waals surface area (Å²) in [6.07, 6.45) is 0. The number of aliphatic hydroxyl groups is 1. The number of halogens is 1. The van der Waals surface area contributed by atoms with Crippen LogP contribution in [0.2, 0.25) is 0 Å². The van der Waals surface area contributed by atoms with Gasteiger partial charge >= 0.3 is 0 Å². The number of rotatable bonds is 2. The quantitative estimate of drug-likeness (QED) is 0.704. The molecule has 0 bridgehead atoms. The van der Waals surface area contributed by atoms with Gasteiger partial charge in [-0.1, -0.05) is 0 Å². The molecule has 0 fully saturated rings. The van der Waals surface area contributed by atoms with E-state index in [4.69, 9.17) is 9.84 Å². The molecule has 3 heteroatoms. The van der Waals surface area contributed by atoms with Gasteiger partial charge in [0.05, 0.1) is 7.11 Å². The monoisotopic (exact) mass is 155 g/mol. The molecule has 1 aromatic carbocycles. The van der Waals surface area contributed by atoms with Crippen molar-refractivity contribution in [2.24, 2.45) is 0 Å². The zero-order valence-electron chi connectivity index (χ0n) is 6.04. The van der Waals surface area contributed by atoms with Gasteiger partial charge in [0.25, 0.3) is 0 Å². The standard InChI is InChI=1S/C8H8FO2/c1-11-8-3-6(5-10)2-7(9)4-8/h2-5,10H,1H3. The van der Waals surface area contributed by atoms with Gasteiger partial charge in [-0.05, 0) is 17.7 Å². The Bertz CT molecular complexity index is 226. The normalized spacial score (nSPS) is 9.73. The molecule has 0 saturated heterocycles. The highest BCUT2D eigenvalue weighted by Gasteiger charge is 1.98. The van der Waals surface area contributed by atoms with Gasteiger partial charge < -0.3 is 9.84 Å². The van der Waals surface area contributed by atoms with Crippen molar-refractivity contribution < 1.29 is 14.2 Å². The molecule has 59 valence electrons. The Morgan fingerprint density at radius 3 is 2.73 bits per heavy atom. The molecule has 0 unspecified atom stereocenters. The third-order valence-corrected chi connectivity index (χ3v) is 1.28. The fourth-order valence-electron chi connectivity index (χ4n) is 0.777. The van der Waals surface area contributed by atoms with Crippen LogP contribution in [0.3, 0.4) is 0 Å². The van der Waals surface area contributed by atoms with Gasteiger partial charge in [-0.2, -0.15) is 0 Å². The van der Waals surface area contributed by atoms with E-state index in [1.807, 2.05) is 0 Å². The van der Waals surface area contributed by atoms with Crippen LogP contribution in [0.25, 0.3) is 0 Å². The summed E-state index contributed by atoms with van der Waals surface area (Å²) in [6.45, 7) is 0.825. The third-order valence-electron chi connectivity index (χ3n) is 1.28. The van der Waals surface area contributed by atoms with Crippen LogP contribution in [0.4, 0.5) is 4.39 Å². The SMILES string of the molecule is COc1cc(F)cc([CH]O)c1. The first-order valence-corrected chi connectivity index (χ1v) is 3.08. The summed E-state index contributed by atoms with van der Waals surface area (Å²) in [5, 5.41) is 8.53. The summed E-state index contributed by atoms with van der Waals surface area (Å²) in [5.74, 6) is -0.0325. The van der Waals surface area contributed by atoms with E-state index in [0.29, 0.717) is 11.3 Å². The summed E-state index contributed by atoms with van der Waals surface area (Å²) in [5.41, 5.74) is 0.391. The van der Waals surface area contributed by atoms with Gasteiger partial charge in [-0.25, -0.2) is 4.39 Å². The molecule has 0 spiro atoms. The van der Waals surface area contributed by atoms with Crippen molar-refractivity contribution in [1.82, 2.24) is 0 Å². The summed E-state index contributed by atoms with van der Waals surface area (Å²) >= 11 is 0. The highest BCUT2D eigenvalue weighted by Crippen LogP contribution is 2.15. The van der Waals surface area contributed by atoms with Crippen molar-refractivity contribution in [3.63, 3.8) is 0 Å². The molecule has 0 amide bonds. The molecular weight excluding hydrogens is 147 g/mol. The molecule has 1 N–H and O–H groups in total. The van der Waals surface area contributed by atoms with Crippen LogP contribution in [0.5, 0.6) is 5.75 Å². The maximum atomic E-state index is 12.6. The van der Waals surface area contributed by atoms with E-state index in [1.165, 1.54) is 25.3 Å². The zero-order chi connectivity index (χ0) is 8.27. The summed E-state index contributed by atoms with van der Waals surface area (Å²) in [7, 11) is 1.44. The van der Waals surface area contributed by atoms with Gasteiger partial charge in [-0.3, -0.25) is 0 Å². The van der Waals surface area contributed by atoms with Crippen LogP contribution < -0.4 is 4.74 Å². The molecule has 1 rings (SSSR count). The van der Waals surface area contributed by atoms with Gasteiger partial charge in [0, 0.05) is 6.07 Å². The van der Waals surface area contributed by atoms with E-state index in [2.05, 4.69) is 0 Å². The van der Waals surface area contributed by atoms with Crippen LogP contribution >= 0.6 is 0 Å². The first-order chi connectivity index (χ1) is 5.26. The number of methoxy groups -OCH3 is 1. The molecular formula is C8H8FO2. The van der Waals surface area contributed by atoms with Crippen molar-refractivity contribution in [3.8, 4) is 5.75 Å². The maximum absolute atomic E-state index is 12.6. The first-order valence-electron chi connectivity index (χ1n) is 3.08. The predicted molar refractivity (Wildman–Crippen MR) is 38.3 cm³/mol. The second-order valence-corrected chi connectivity index (χ2v) is 2.05. The third kappa shape index (κ3) is 1.91. The second-order valence-electron chi connectivity index (χ2n) is 2.05. The van der Waals surface area contributed by atoms with Crippen molar-refractivity contribution in [2.45, 2.75) is 0 Å². The van der Waals surface area contributed by atoms with Crippen molar-refractivity contribution in [3.05, 3.63) is 36.2 Å². The van der Waals surface area contributed by atoms with Crippen LogP contribution in [-0.4, -0.2) is 12.2 Å². The van der Waals surface area contributed by atoms with Crippen LogP contribution in [0.15, 0.2) is 18.2 Å². The average molecular weight is 155 g/mol. The number of hydrogen-bond donors (Lipinski definition) is 1. The lowest BCUT2D eigenvalue weighted by Crippen LogP contribution is -1.87. The van der Waals surface area contributed by atoms with E-state index in [0.717, 1.165) is 6.61 Å². The Balaban J connectivity index is 3.02. The first kappa shape index (κ1) is 8.01. The Morgan fingerprint density at radius 1 is 1.45 bits per heavy atom. The molecule has 0 heterocycles. The van der Waals surface area contributed by atoms with Crippen molar-refractivity contribution in [2.75, 3.05) is 7.11 Å². The predicted octanol–water partition coefficient (Wildman–Crippen LogP) is 1.72. The lowest BCUT2D eigenvalue weighted by Gasteiger charge is -2.01. The summed E-state index contributed by atoms with van der Waals surface area (Å²) in [4.78, 5) is 0. The number of ether oxygens (including phenoxy) is 1. The zero-order valence-corrected chi connectivity index (χ0v) is 6.04. The Morgan fingerprint density at radius 2 is 2.18 bits per heavy atom. The van der Waals surface area contributed by atoms with Crippen molar-refractivity contribution in [1.29, 1.82) is 0 Å². The highest BCUT2D eigenvalue weighted by atomic mass is 19.1. The minimum Gasteiger partial charge on any atom is -0.497 e. The molecule has 0 aliphatic rings.